The SMILES string of the molecule is CCOP(=O)(COC[C@H]1O[C@@H](n2ccc(=O)[nH]c2=O)[C@H](OCC(=O)NC)[C@@H]1OP(OCCC#N)N(C(C)C)C(C)C)OCC. The van der Waals surface area contributed by atoms with Crippen molar-refractivity contribution in [2.75, 3.05) is 46.4 Å². The third kappa shape index (κ3) is 11.1. The summed E-state index contributed by atoms with van der Waals surface area (Å²) >= 11 is 0. The Kier molecular flexibility index (Phi) is 16.3. The lowest BCUT2D eigenvalue weighted by atomic mass is 10.1. The molecule has 44 heavy (non-hydrogen) atoms. The van der Waals surface area contributed by atoms with Crippen LogP contribution in [0.15, 0.2) is 21.9 Å². The molecule has 250 valence electrons. The number of hydrogen-bond donors (Lipinski definition) is 2. The molecule has 18 heteroatoms. The summed E-state index contributed by atoms with van der Waals surface area (Å²) in [6.07, 6.45) is -3.22. The second kappa shape index (κ2) is 18.8. The number of carbonyl (C=O) groups excluding carboxylic acids is 1. The molecule has 1 aliphatic heterocycles. The van der Waals surface area contributed by atoms with Crippen molar-refractivity contribution >= 4 is 22.0 Å². The van der Waals surface area contributed by atoms with Gasteiger partial charge in [-0.1, -0.05) is 0 Å². The molecule has 5 atom stereocenters. The highest BCUT2D eigenvalue weighted by Gasteiger charge is 2.50. The number of nitriles is 1. The first-order valence-electron chi connectivity index (χ1n) is 14.4. The van der Waals surface area contributed by atoms with Crippen molar-refractivity contribution in [1.82, 2.24) is 19.5 Å². The molecule has 1 saturated heterocycles. The molecule has 1 amide bonds. The van der Waals surface area contributed by atoms with Crippen LogP contribution in [-0.2, 0) is 41.7 Å². The third-order valence-corrected chi connectivity index (χ3v) is 10.1. The van der Waals surface area contributed by atoms with Crippen molar-refractivity contribution in [3.8, 4) is 6.07 Å². The topological polar surface area (TPSA) is 193 Å². The Hall–Kier alpha value is -2.02. The van der Waals surface area contributed by atoms with Crippen LogP contribution in [0.5, 0.6) is 0 Å². The normalized spacial score (nSPS) is 21.2. The second-order valence-corrected chi connectivity index (χ2v) is 13.5. The molecule has 1 unspecified atom stereocenters. The van der Waals surface area contributed by atoms with E-state index in [1.807, 2.05) is 32.4 Å². The summed E-state index contributed by atoms with van der Waals surface area (Å²) in [6.45, 7) is 11.0. The number of nitrogens with zero attached hydrogens (tertiary/aromatic N) is 3. The highest BCUT2D eigenvalue weighted by Crippen LogP contribution is 2.51. The molecule has 0 radical (unpaired) electrons. The molecular formula is C26H45N5O11P2. The number of ether oxygens (including phenoxy) is 3. The van der Waals surface area contributed by atoms with Crippen molar-refractivity contribution < 1.29 is 41.7 Å². The molecule has 0 saturated carbocycles. The number of hydrogen-bond acceptors (Lipinski definition) is 13. The highest BCUT2D eigenvalue weighted by molar-refractivity contribution is 7.53. The van der Waals surface area contributed by atoms with Crippen LogP contribution in [-0.4, -0.2) is 97.0 Å². The zero-order valence-electron chi connectivity index (χ0n) is 26.3. The Bertz CT molecular complexity index is 1220. The largest absolute Gasteiger partial charge is 0.366 e. The van der Waals surface area contributed by atoms with E-state index in [1.54, 1.807) is 13.8 Å². The van der Waals surface area contributed by atoms with Gasteiger partial charge in [0.25, 0.3) is 14.1 Å². The van der Waals surface area contributed by atoms with Gasteiger partial charge >= 0.3 is 13.3 Å². The number of rotatable bonds is 20. The molecule has 2 heterocycles. The molecular weight excluding hydrogens is 620 g/mol. The van der Waals surface area contributed by atoms with Gasteiger partial charge < -0.3 is 37.6 Å². The van der Waals surface area contributed by atoms with Crippen LogP contribution in [0.4, 0.5) is 0 Å². The van der Waals surface area contributed by atoms with E-state index in [9.17, 15) is 18.9 Å². The number of likely N-dealkylation sites (N-methyl/N-ethyl adjacent to an activating group) is 1. The third-order valence-electron chi connectivity index (χ3n) is 6.15. The van der Waals surface area contributed by atoms with Crippen LogP contribution in [0.3, 0.4) is 0 Å². The minimum absolute atomic E-state index is 0.0358. The Morgan fingerprint density at radius 2 is 1.86 bits per heavy atom. The van der Waals surface area contributed by atoms with Gasteiger partial charge in [0.2, 0.25) is 5.91 Å². The van der Waals surface area contributed by atoms with Gasteiger partial charge in [-0.3, -0.25) is 23.7 Å². The van der Waals surface area contributed by atoms with E-state index >= 15 is 0 Å². The van der Waals surface area contributed by atoms with Crippen molar-refractivity contribution in [3.05, 3.63) is 33.1 Å². The Morgan fingerprint density at radius 3 is 2.41 bits per heavy atom. The Labute approximate surface area is 258 Å². The molecule has 2 N–H and O–H groups in total. The van der Waals surface area contributed by atoms with E-state index in [0.717, 1.165) is 10.6 Å². The van der Waals surface area contributed by atoms with E-state index in [0.29, 0.717) is 0 Å². The van der Waals surface area contributed by atoms with Crippen molar-refractivity contribution in [2.24, 2.45) is 0 Å². The average molecular weight is 666 g/mol. The number of aromatic amines is 1. The lowest BCUT2D eigenvalue weighted by molar-refractivity contribution is -0.132. The van der Waals surface area contributed by atoms with Crippen molar-refractivity contribution in [3.63, 3.8) is 0 Å². The standard InChI is InChI=1S/C26H45N5O11P2/c1-8-39-44(35,40-9-2)17-36-15-20-23(42-43(38-14-10-12-27)31(18(3)4)19(5)6)24(37-16-22(33)28-7)25(41-20)30-13-11-21(32)29-26(30)34/h11,13,18-20,23-25H,8-10,14-17H2,1-7H3,(H,28,33)(H,29,32,34)/t20-,23-,24-,25-,43?/m1/s1. The van der Waals surface area contributed by atoms with Crippen LogP contribution >= 0.6 is 16.1 Å². The van der Waals surface area contributed by atoms with E-state index in [4.69, 9.17) is 37.6 Å². The van der Waals surface area contributed by atoms with Gasteiger partial charge in [0.1, 0.15) is 31.3 Å². The lowest BCUT2D eigenvalue weighted by Gasteiger charge is -2.38. The molecule has 1 aliphatic rings. The molecule has 0 spiro atoms. The average Bonchev–Trinajstić information content (AvgIpc) is 3.27. The number of nitrogens with one attached hydrogen (secondary N) is 2. The summed E-state index contributed by atoms with van der Waals surface area (Å²) in [4.78, 5) is 39.1. The lowest BCUT2D eigenvalue weighted by Crippen LogP contribution is -2.43. The van der Waals surface area contributed by atoms with Gasteiger partial charge in [0, 0.05) is 31.4 Å². The first kappa shape index (κ1) is 38.2. The minimum atomic E-state index is -3.57. The monoisotopic (exact) mass is 665 g/mol. The van der Waals surface area contributed by atoms with Crippen LogP contribution in [0, 0.1) is 11.3 Å². The summed E-state index contributed by atoms with van der Waals surface area (Å²) in [5.41, 5.74) is -1.38. The highest BCUT2D eigenvalue weighted by atomic mass is 31.2. The molecule has 1 aromatic rings. The van der Waals surface area contributed by atoms with Crippen LogP contribution in [0.1, 0.15) is 54.2 Å². The molecule has 0 bridgehead atoms. The van der Waals surface area contributed by atoms with E-state index < -0.39 is 64.4 Å². The van der Waals surface area contributed by atoms with Crippen LogP contribution < -0.4 is 16.6 Å². The predicted molar refractivity (Wildman–Crippen MR) is 161 cm³/mol. The minimum Gasteiger partial charge on any atom is -0.366 e. The summed E-state index contributed by atoms with van der Waals surface area (Å²) in [5.74, 6) is -0.441. The maximum atomic E-state index is 13.0. The first-order valence-corrected chi connectivity index (χ1v) is 17.3. The number of carbonyl (C=O) groups is 1. The predicted octanol–water partition coefficient (Wildman–Crippen LogP) is 2.47. The van der Waals surface area contributed by atoms with Gasteiger partial charge in [-0.15, -0.1) is 0 Å². The van der Waals surface area contributed by atoms with Crippen LogP contribution in [0.2, 0.25) is 0 Å². The van der Waals surface area contributed by atoms with Gasteiger partial charge in [-0.05, 0) is 41.5 Å². The zero-order valence-corrected chi connectivity index (χ0v) is 28.1. The number of aromatic nitrogens is 2. The summed E-state index contributed by atoms with van der Waals surface area (Å²) in [5, 5.41) is 11.6. The van der Waals surface area contributed by atoms with Crippen molar-refractivity contribution in [1.29, 1.82) is 5.26 Å². The van der Waals surface area contributed by atoms with E-state index in [-0.39, 0.29) is 51.3 Å². The zero-order chi connectivity index (χ0) is 32.9. The fraction of sp³-hybridized carbons (Fsp3) is 0.769. The first-order chi connectivity index (χ1) is 20.9. The molecule has 2 rings (SSSR count). The van der Waals surface area contributed by atoms with Gasteiger partial charge in [-0.2, -0.15) is 5.26 Å². The Morgan fingerprint density at radius 1 is 1.20 bits per heavy atom. The fourth-order valence-corrected chi connectivity index (χ4v) is 7.54. The Balaban J connectivity index is 2.55. The smallest absolute Gasteiger partial charge is 0.356 e. The van der Waals surface area contributed by atoms with Gasteiger partial charge in [0.15, 0.2) is 6.23 Å². The molecule has 1 fully saturated rings. The quantitative estimate of drug-likeness (QED) is 0.153. The number of amides is 1. The molecule has 16 nitrogen and oxygen atoms in total. The maximum absolute atomic E-state index is 13.0. The van der Waals surface area contributed by atoms with E-state index in [1.165, 1.54) is 13.2 Å². The van der Waals surface area contributed by atoms with Gasteiger partial charge in [0.05, 0.1) is 38.9 Å². The summed E-state index contributed by atoms with van der Waals surface area (Å²) < 4.78 is 57.6. The molecule has 0 aliphatic carbocycles. The van der Waals surface area contributed by atoms with E-state index in [2.05, 4.69) is 16.4 Å². The summed E-state index contributed by atoms with van der Waals surface area (Å²) in [6, 6.07) is 3.13. The molecule has 0 aromatic carbocycles. The van der Waals surface area contributed by atoms with Gasteiger partial charge in [-0.25, -0.2) is 9.46 Å². The number of H-pyrrole nitrogens is 1. The fourth-order valence-electron chi connectivity index (χ4n) is 4.43. The second-order valence-electron chi connectivity index (χ2n) is 10.1. The van der Waals surface area contributed by atoms with Crippen molar-refractivity contribution in [2.45, 2.75) is 84.6 Å². The van der Waals surface area contributed by atoms with Crippen LogP contribution in [0.25, 0.3) is 0 Å². The molecule has 1 aromatic heterocycles. The summed E-state index contributed by atoms with van der Waals surface area (Å²) in [7, 11) is -3.96. The maximum Gasteiger partial charge on any atom is 0.356 e.